The van der Waals surface area contributed by atoms with Crippen LogP contribution in [0.5, 0.6) is 0 Å². The SMILES string of the molecule is O=C(O)/C=C/c1cccc(S(=O)(=O)NCCCC2CC2)c1. The Balaban J connectivity index is 1.97. The lowest BCUT2D eigenvalue weighted by atomic mass is 10.2. The number of carboxylic acid groups (broad SMARTS) is 1. The predicted molar refractivity (Wildman–Crippen MR) is 80.3 cm³/mol. The number of rotatable bonds is 8. The van der Waals surface area contributed by atoms with E-state index >= 15 is 0 Å². The van der Waals surface area contributed by atoms with Crippen LogP contribution in [0, 0.1) is 5.92 Å². The third-order valence-corrected chi connectivity index (χ3v) is 4.82. The van der Waals surface area contributed by atoms with Crippen LogP contribution in [0.25, 0.3) is 6.08 Å². The molecule has 2 rings (SSSR count). The molecule has 2 N–H and O–H groups in total. The van der Waals surface area contributed by atoms with Gasteiger partial charge in [0.05, 0.1) is 4.90 Å². The van der Waals surface area contributed by atoms with Crippen LogP contribution in [0.15, 0.2) is 35.2 Å². The second-order valence-corrected chi connectivity index (χ2v) is 6.99. The van der Waals surface area contributed by atoms with Crippen LogP contribution in [0.2, 0.25) is 0 Å². The molecule has 1 aromatic carbocycles. The maximum atomic E-state index is 12.1. The minimum atomic E-state index is -3.53. The summed E-state index contributed by atoms with van der Waals surface area (Å²) in [7, 11) is -3.53. The smallest absolute Gasteiger partial charge is 0.328 e. The fraction of sp³-hybridized carbons (Fsp3) is 0.400. The van der Waals surface area contributed by atoms with Crippen LogP contribution < -0.4 is 4.72 Å². The molecule has 6 heteroatoms. The molecule has 0 aliphatic heterocycles. The third-order valence-electron chi connectivity index (χ3n) is 3.36. The van der Waals surface area contributed by atoms with Gasteiger partial charge in [0.2, 0.25) is 10.0 Å². The molecule has 0 spiro atoms. The molecule has 5 nitrogen and oxygen atoms in total. The lowest BCUT2D eigenvalue weighted by Gasteiger charge is -2.07. The highest BCUT2D eigenvalue weighted by molar-refractivity contribution is 7.89. The van der Waals surface area contributed by atoms with Crippen molar-refractivity contribution >= 4 is 22.1 Å². The summed E-state index contributed by atoms with van der Waals surface area (Å²) >= 11 is 0. The normalized spacial score (nSPS) is 15.4. The van der Waals surface area contributed by atoms with Crippen molar-refractivity contribution in [1.82, 2.24) is 4.72 Å². The summed E-state index contributed by atoms with van der Waals surface area (Å²) in [6, 6.07) is 6.22. The molecule has 1 aliphatic rings. The van der Waals surface area contributed by atoms with E-state index in [9.17, 15) is 13.2 Å². The molecule has 0 bridgehead atoms. The summed E-state index contributed by atoms with van der Waals surface area (Å²) < 4.78 is 26.8. The molecule has 0 heterocycles. The molecule has 0 amide bonds. The zero-order valence-electron chi connectivity index (χ0n) is 11.7. The summed E-state index contributed by atoms with van der Waals surface area (Å²) in [6.07, 6.45) is 6.81. The number of sulfonamides is 1. The quantitative estimate of drug-likeness (QED) is 0.570. The Labute approximate surface area is 124 Å². The minimum Gasteiger partial charge on any atom is -0.478 e. The Morgan fingerprint density at radius 3 is 2.81 bits per heavy atom. The average Bonchev–Trinajstić information content (AvgIpc) is 3.26. The monoisotopic (exact) mass is 309 g/mol. The Morgan fingerprint density at radius 1 is 1.38 bits per heavy atom. The summed E-state index contributed by atoms with van der Waals surface area (Å²) in [6.45, 7) is 0.439. The summed E-state index contributed by atoms with van der Waals surface area (Å²) in [5.74, 6) is -0.277. The summed E-state index contributed by atoms with van der Waals surface area (Å²) in [4.78, 5) is 10.6. The topological polar surface area (TPSA) is 83.5 Å². The first-order valence-electron chi connectivity index (χ1n) is 6.98. The molecule has 0 radical (unpaired) electrons. The van der Waals surface area contributed by atoms with Crippen molar-refractivity contribution in [3.8, 4) is 0 Å². The molecule has 21 heavy (non-hydrogen) atoms. The van der Waals surface area contributed by atoms with Gasteiger partial charge in [-0.1, -0.05) is 25.0 Å². The number of hydrogen-bond acceptors (Lipinski definition) is 3. The van der Waals surface area contributed by atoms with Crippen LogP contribution in [0.3, 0.4) is 0 Å². The first kappa shape index (κ1) is 15.7. The fourth-order valence-corrected chi connectivity index (χ4v) is 3.17. The van der Waals surface area contributed by atoms with Crippen molar-refractivity contribution in [3.05, 3.63) is 35.9 Å². The molecule has 1 aliphatic carbocycles. The molecule has 0 aromatic heterocycles. The number of hydrogen-bond donors (Lipinski definition) is 2. The first-order valence-corrected chi connectivity index (χ1v) is 8.46. The van der Waals surface area contributed by atoms with Gasteiger partial charge in [-0.2, -0.15) is 0 Å². The Morgan fingerprint density at radius 2 is 2.14 bits per heavy atom. The van der Waals surface area contributed by atoms with E-state index < -0.39 is 16.0 Å². The number of aliphatic carboxylic acids is 1. The highest BCUT2D eigenvalue weighted by Crippen LogP contribution is 2.33. The second kappa shape index (κ2) is 6.87. The molecule has 0 unspecified atom stereocenters. The van der Waals surface area contributed by atoms with Crippen molar-refractivity contribution < 1.29 is 18.3 Å². The molecule has 0 saturated heterocycles. The zero-order chi connectivity index (χ0) is 15.3. The lowest BCUT2D eigenvalue weighted by Crippen LogP contribution is -2.24. The molecular weight excluding hydrogens is 290 g/mol. The van der Waals surface area contributed by atoms with Gasteiger partial charge in [0.1, 0.15) is 0 Å². The van der Waals surface area contributed by atoms with Gasteiger partial charge >= 0.3 is 5.97 Å². The highest BCUT2D eigenvalue weighted by Gasteiger charge is 2.20. The van der Waals surface area contributed by atoms with E-state index in [4.69, 9.17) is 5.11 Å². The zero-order valence-corrected chi connectivity index (χ0v) is 12.5. The van der Waals surface area contributed by atoms with Gasteiger partial charge in [-0.3, -0.25) is 0 Å². The van der Waals surface area contributed by atoms with Gasteiger partial charge in [0, 0.05) is 12.6 Å². The van der Waals surface area contributed by atoms with E-state index in [0.29, 0.717) is 12.1 Å². The Kier molecular flexibility index (Phi) is 5.14. The largest absolute Gasteiger partial charge is 0.478 e. The van der Waals surface area contributed by atoms with Gasteiger partial charge in [-0.25, -0.2) is 17.9 Å². The fourth-order valence-electron chi connectivity index (χ4n) is 2.04. The van der Waals surface area contributed by atoms with Crippen LogP contribution in [0.1, 0.15) is 31.2 Å². The van der Waals surface area contributed by atoms with Crippen LogP contribution >= 0.6 is 0 Å². The molecule has 1 fully saturated rings. The van der Waals surface area contributed by atoms with Gasteiger partial charge in [-0.05, 0) is 42.5 Å². The van der Waals surface area contributed by atoms with Crippen LogP contribution in [-0.4, -0.2) is 26.0 Å². The predicted octanol–water partition coefficient (Wildman–Crippen LogP) is 2.25. The second-order valence-electron chi connectivity index (χ2n) is 5.23. The maximum Gasteiger partial charge on any atom is 0.328 e. The number of benzene rings is 1. The Bertz CT molecular complexity index is 633. The number of carboxylic acids is 1. The van der Waals surface area contributed by atoms with Gasteiger partial charge in [0.25, 0.3) is 0 Å². The lowest BCUT2D eigenvalue weighted by molar-refractivity contribution is -0.131. The van der Waals surface area contributed by atoms with Gasteiger partial charge in [-0.15, -0.1) is 0 Å². The molecular formula is C15H19NO4S. The summed E-state index contributed by atoms with van der Waals surface area (Å²) in [5.41, 5.74) is 0.540. The summed E-state index contributed by atoms with van der Waals surface area (Å²) in [5, 5.41) is 8.58. The number of carbonyl (C=O) groups is 1. The van der Waals surface area contributed by atoms with E-state index in [1.54, 1.807) is 12.1 Å². The van der Waals surface area contributed by atoms with E-state index in [1.807, 2.05) is 0 Å². The van der Waals surface area contributed by atoms with Crippen molar-refractivity contribution in [2.24, 2.45) is 5.92 Å². The van der Waals surface area contributed by atoms with Crippen molar-refractivity contribution in [2.45, 2.75) is 30.6 Å². The van der Waals surface area contributed by atoms with E-state index in [0.717, 1.165) is 24.8 Å². The molecule has 1 aromatic rings. The minimum absolute atomic E-state index is 0.154. The molecule has 0 atom stereocenters. The molecule has 114 valence electrons. The Hall–Kier alpha value is -1.66. The highest BCUT2D eigenvalue weighted by atomic mass is 32.2. The average molecular weight is 309 g/mol. The maximum absolute atomic E-state index is 12.1. The van der Waals surface area contributed by atoms with Crippen molar-refractivity contribution in [2.75, 3.05) is 6.54 Å². The molecule has 1 saturated carbocycles. The van der Waals surface area contributed by atoms with Crippen molar-refractivity contribution in [3.63, 3.8) is 0 Å². The number of nitrogens with one attached hydrogen (secondary N) is 1. The van der Waals surface area contributed by atoms with E-state index in [1.165, 1.54) is 31.1 Å². The standard InChI is InChI=1S/C15H19NO4S/c17-15(18)9-8-13-3-1-5-14(11-13)21(19,20)16-10-2-4-12-6-7-12/h1,3,5,8-9,11-12,16H,2,4,6-7,10H2,(H,17,18)/b9-8+. The van der Waals surface area contributed by atoms with Crippen molar-refractivity contribution in [1.29, 1.82) is 0 Å². The first-order chi connectivity index (χ1) is 9.97. The van der Waals surface area contributed by atoms with Gasteiger partial charge < -0.3 is 5.11 Å². The van der Waals surface area contributed by atoms with Gasteiger partial charge in [0.15, 0.2) is 0 Å². The van der Waals surface area contributed by atoms with E-state index in [2.05, 4.69) is 4.72 Å². The third kappa shape index (κ3) is 5.32. The van der Waals surface area contributed by atoms with E-state index in [-0.39, 0.29) is 4.90 Å². The van der Waals surface area contributed by atoms with Crippen LogP contribution in [0.4, 0.5) is 0 Å². The van der Waals surface area contributed by atoms with Crippen LogP contribution in [-0.2, 0) is 14.8 Å².